The Balaban J connectivity index is 0.00000441. The summed E-state index contributed by atoms with van der Waals surface area (Å²) in [4.78, 5) is 4.00. The van der Waals surface area contributed by atoms with Crippen molar-refractivity contribution in [2.75, 3.05) is 23.4 Å². The Hall–Kier alpha value is -1.03. The average molecular weight is 441 g/mol. The van der Waals surface area contributed by atoms with Gasteiger partial charge in [0, 0.05) is 11.4 Å². The smallest absolute Gasteiger partial charge is 0.193 e. The van der Waals surface area contributed by atoms with Crippen LogP contribution >= 0.6 is 24.0 Å². The fourth-order valence-corrected chi connectivity index (χ4v) is 2.18. The van der Waals surface area contributed by atoms with Gasteiger partial charge in [0.25, 0.3) is 0 Å². The second kappa shape index (κ2) is 9.88. The molecule has 1 rings (SSSR count). The first-order chi connectivity index (χ1) is 9.82. The number of ether oxygens (including phenoxy) is 1. The third-order valence-electron chi connectivity index (χ3n) is 2.62. The summed E-state index contributed by atoms with van der Waals surface area (Å²) in [6.07, 6.45) is 0.121. The van der Waals surface area contributed by atoms with Gasteiger partial charge in [-0.05, 0) is 38.1 Å². The minimum atomic E-state index is -3.01. The third-order valence-corrected chi connectivity index (χ3v) is 4.31. The van der Waals surface area contributed by atoms with Crippen molar-refractivity contribution in [1.82, 2.24) is 0 Å². The van der Waals surface area contributed by atoms with Crippen LogP contribution in [0.3, 0.4) is 0 Å². The van der Waals surface area contributed by atoms with Crippen molar-refractivity contribution in [1.29, 1.82) is 0 Å². The lowest BCUT2D eigenvalue weighted by molar-refractivity contribution is 0.242. The molecule has 126 valence electrons. The number of nitrogens with two attached hydrogens (primary N) is 1. The Kier molecular flexibility index (Phi) is 9.42. The van der Waals surface area contributed by atoms with Gasteiger partial charge in [-0.15, -0.1) is 24.0 Å². The lowest BCUT2D eigenvalue weighted by Gasteiger charge is -2.10. The van der Waals surface area contributed by atoms with Crippen LogP contribution in [0.4, 0.5) is 5.69 Å². The van der Waals surface area contributed by atoms with Crippen LogP contribution in [-0.2, 0) is 9.84 Å². The summed E-state index contributed by atoms with van der Waals surface area (Å²) in [7, 11) is -3.01. The van der Waals surface area contributed by atoms with Crippen LogP contribution in [0.5, 0.6) is 5.75 Å². The average Bonchev–Trinajstić information content (AvgIpc) is 2.40. The topological polar surface area (TPSA) is 93.8 Å². The Bertz CT molecular complexity index is 572. The van der Waals surface area contributed by atoms with Gasteiger partial charge >= 0.3 is 0 Å². The molecule has 22 heavy (non-hydrogen) atoms. The second-order valence-electron chi connectivity index (χ2n) is 4.82. The monoisotopic (exact) mass is 441 g/mol. The summed E-state index contributed by atoms with van der Waals surface area (Å²) in [5.41, 5.74) is 6.48. The highest BCUT2D eigenvalue weighted by Crippen LogP contribution is 2.16. The molecule has 3 N–H and O–H groups in total. The Morgan fingerprint density at radius 3 is 2.41 bits per heavy atom. The molecule has 0 atom stereocenters. The number of rotatable bonds is 7. The van der Waals surface area contributed by atoms with Gasteiger partial charge in [-0.2, -0.15) is 0 Å². The molecule has 0 aliphatic carbocycles. The first-order valence-electron chi connectivity index (χ1n) is 6.86. The molecule has 0 unspecified atom stereocenters. The van der Waals surface area contributed by atoms with E-state index in [0.717, 1.165) is 11.4 Å². The molecular formula is C14H24IN3O3S. The predicted octanol–water partition coefficient (Wildman–Crippen LogP) is 2.25. The van der Waals surface area contributed by atoms with Crippen molar-refractivity contribution in [2.24, 2.45) is 10.7 Å². The van der Waals surface area contributed by atoms with Gasteiger partial charge < -0.3 is 15.8 Å². The number of nitrogens with zero attached hydrogens (tertiary/aromatic N) is 1. The summed E-state index contributed by atoms with van der Waals surface area (Å²) in [6.45, 7) is 5.69. The van der Waals surface area contributed by atoms with E-state index in [9.17, 15) is 8.42 Å². The van der Waals surface area contributed by atoms with Crippen molar-refractivity contribution in [2.45, 2.75) is 26.9 Å². The molecule has 8 heteroatoms. The minimum absolute atomic E-state index is 0. The van der Waals surface area contributed by atoms with Gasteiger partial charge in [0.05, 0.1) is 18.4 Å². The Morgan fingerprint density at radius 2 is 1.91 bits per heavy atom. The van der Waals surface area contributed by atoms with Crippen molar-refractivity contribution >= 4 is 45.5 Å². The summed E-state index contributed by atoms with van der Waals surface area (Å²) < 4.78 is 28.2. The van der Waals surface area contributed by atoms with Gasteiger partial charge in [-0.3, -0.25) is 4.99 Å². The fourth-order valence-electron chi connectivity index (χ4n) is 1.53. The Labute approximate surface area is 149 Å². The Morgan fingerprint density at radius 1 is 1.32 bits per heavy atom. The van der Waals surface area contributed by atoms with E-state index in [1.807, 2.05) is 38.1 Å². The molecule has 0 aliphatic rings. The van der Waals surface area contributed by atoms with E-state index in [4.69, 9.17) is 10.5 Å². The SMILES string of the molecule is CCS(=O)(=O)CCN=C(N)Nc1ccc(OC(C)C)cc1.I. The number of benzene rings is 1. The lowest BCUT2D eigenvalue weighted by atomic mass is 10.3. The maximum Gasteiger partial charge on any atom is 0.193 e. The van der Waals surface area contributed by atoms with Crippen molar-refractivity contribution in [3.8, 4) is 5.75 Å². The van der Waals surface area contributed by atoms with Crippen LogP contribution in [0, 0.1) is 0 Å². The predicted molar refractivity (Wildman–Crippen MR) is 102 cm³/mol. The maximum absolute atomic E-state index is 11.3. The summed E-state index contributed by atoms with van der Waals surface area (Å²) in [5, 5.41) is 2.90. The maximum atomic E-state index is 11.3. The molecule has 0 bridgehead atoms. The van der Waals surface area contributed by atoms with Crippen LogP contribution in [0.25, 0.3) is 0 Å². The first kappa shape index (κ1) is 21.0. The number of anilines is 1. The van der Waals surface area contributed by atoms with Gasteiger partial charge in [0.15, 0.2) is 15.8 Å². The molecule has 0 radical (unpaired) electrons. The summed E-state index contributed by atoms with van der Waals surface area (Å²) in [6, 6.07) is 7.31. The standard InChI is InChI=1S/C14H23N3O3S.HI/c1-4-21(18,19)10-9-16-14(15)17-12-5-7-13(8-6-12)20-11(2)3;/h5-8,11H,4,9-10H2,1-3H3,(H3,15,16,17);1H. The number of guanidine groups is 1. The molecule has 0 aliphatic heterocycles. The highest BCUT2D eigenvalue weighted by molar-refractivity contribution is 14.0. The summed E-state index contributed by atoms with van der Waals surface area (Å²) >= 11 is 0. The van der Waals surface area contributed by atoms with Crippen LogP contribution in [0.1, 0.15) is 20.8 Å². The molecular weight excluding hydrogens is 417 g/mol. The molecule has 6 nitrogen and oxygen atoms in total. The van der Waals surface area contributed by atoms with E-state index in [1.54, 1.807) is 6.92 Å². The van der Waals surface area contributed by atoms with Gasteiger partial charge in [0.2, 0.25) is 0 Å². The van der Waals surface area contributed by atoms with Gasteiger partial charge in [-0.1, -0.05) is 6.92 Å². The quantitative estimate of drug-likeness (QED) is 0.385. The zero-order valence-corrected chi connectivity index (χ0v) is 16.2. The number of sulfone groups is 1. The van der Waals surface area contributed by atoms with E-state index in [0.29, 0.717) is 0 Å². The van der Waals surface area contributed by atoms with Crippen LogP contribution < -0.4 is 15.8 Å². The molecule has 0 spiro atoms. The van der Waals surface area contributed by atoms with E-state index in [-0.39, 0.29) is 54.1 Å². The second-order valence-corrected chi connectivity index (χ2v) is 7.29. The first-order valence-corrected chi connectivity index (χ1v) is 8.68. The largest absolute Gasteiger partial charge is 0.491 e. The van der Waals surface area contributed by atoms with E-state index in [2.05, 4.69) is 10.3 Å². The minimum Gasteiger partial charge on any atom is -0.491 e. The zero-order valence-electron chi connectivity index (χ0n) is 13.1. The van der Waals surface area contributed by atoms with Gasteiger partial charge in [-0.25, -0.2) is 8.42 Å². The van der Waals surface area contributed by atoms with Gasteiger partial charge in [0.1, 0.15) is 5.75 Å². The number of hydrogen-bond donors (Lipinski definition) is 2. The normalized spacial score (nSPS) is 11.9. The molecule has 0 aromatic heterocycles. The van der Waals surface area contributed by atoms with Crippen molar-refractivity contribution in [3.63, 3.8) is 0 Å². The molecule has 0 amide bonds. The highest BCUT2D eigenvalue weighted by atomic mass is 127. The lowest BCUT2D eigenvalue weighted by Crippen LogP contribution is -2.24. The number of halogens is 1. The molecule has 1 aromatic carbocycles. The number of aliphatic imine (C=N–C) groups is 1. The van der Waals surface area contributed by atoms with Crippen LogP contribution in [0.2, 0.25) is 0 Å². The molecule has 1 aromatic rings. The molecule has 0 heterocycles. The van der Waals surface area contributed by atoms with E-state index >= 15 is 0 Å². The molecule has 0 saturated carbocycles. The number of hydrogen-bond acceptors (Lipinski definition) is 4. The van der Waals surface area contributed by atoms with E-state index in [1.165, 1.54) is 0 Å². The van der Waals surface area contributed by atoms with Crippen molar-refractivity contribution in [3.05, 3.63) is 24.3 Å². The number of nitrogens with one attached hydrogen (secondary N) is 1. The van der Waals surface area contributed by atoms with Crippen LogP contribution in [0.15, 0.2) is 29.3 Å². The fraction of sp³-hybridized carbons (Fsp3) is 0.500. The van der Waals surface area contributed by atoms with E-state index < -0.39 is 9.84 Å². The zero-order chi connectivity index (χ0) is 15.9. The molecule has 0 fully saturated rings. The highest BCUT2D eigenvalue weighted by Gasteiger charge is 2.06. The summed E-state index contributed by atoms with van der Waals surface area (Å²) in [5.74, 6) is 1.10. The van der Waals surface area contributed by atoms with Crippen molar-refractivity contribution < 1.29 is 13.2 Å². The molecule has 0 saturated heterocycles. The third kappa shape index (κ3) is 8.42. The van der Waals surface area contributed by atoms with Crippen LogP contribution in [-0.4, -0.2) is 38.5 Å².